The fraction of sp³-hybridized carbons (Fsp3) is 0.0769. The molecule has 3 aromatic heterocycles. The molecule has 0 unspecified atom stereocenters. The Morgan fingerprint density at radius 3 is 2.85 bits per heavy atom. The quantitative estimate of drug-likeness (QED) is 0.736. The SMILES string of the molecule is Cn1cc(-c2cnc3c(NC(N)=O)ccnc3c2)cn1. The number of nitrogens with one attached hydrogen (secondary N) is 1. The molecule has 2 amide bonds. The van der Waals surface area contributed by atoms with E-state index in [2.05, 4.69) is 20.4 Å². The molecule has 3 heterocycles. The summed E-state index contributed by atoms with van der Waals surface area (Å²) in [5.74, 6) is 0. The number of urea groups is 1. The fourth-order valence-electron chi connectivity index (χ4n) is 1.99. The summed E-state index contributed by atoms with van der Waals surface area (Å²) < 4.78 is 1.72. The Hall–Kier alpha value is -2.96. The number of aryl methyl sites for hydroxylation is 1. The van der Waals surface area contributed by atoms with Gasteiger partial charge in [0.1, 0.15) is 5.52 Å². The topological polar surface area (TPSA) is 98.7 Å². The fourth-order valence-corrected chi connectivity index (χ4v) is 1.99. The first-order chi connectivity index (χ1) is 9.63. The van der Waals surface area contributed by atoms with Crippen molar-refractivity contribution in [3.8, 4) is 11.1 Å². The van der Waals surface area contributed by atoms with Gasteiger partial charge in [-0.2, -0.15) is 5.10 Å². The van der Waals surface area contributed by atoms with Crippen molar-refractivity contribution in [3.05, 3.63) is 36.9 Å². The van der Waals surface area contributed by atoms with Crippen molar-refractivity contribution in [1.82, 2.24) is 19.7 Å². The maximum atomic E-state index is 11.0. The van der Waals surface area contributed by atoms with Crippen LogP contribution >= 0.6 is 0 Å². The van der Waals surface area contributed by atoms with Crippen LogP contribution in [0.2, 0.25) is 0 Å². The lowest BCUT2D eigenvalue weighted by Gasteiger charge is -2.06. The van der Waals surface area contributed by atoms with Crippen molar-refractivity contribution in [2.75, 3.05) is 5.32 Å². The number of aromatic nitrogens is 4. The summed E-state index contributed by atoms with van der Waals surface area (Å²) in [5, 5.41) is 6.66. The Balaban J connectivity index is 2.10. The lowest BCUT2D eigenvalue weighted by atomic mass is 10.1. The van der Waals surface area contributed by atoms with E-state index in [1.165, 1.54) is 0 Å². The maximum Gasteiger partial charge on any atom is 0.316 e. The van der Waals surface area contributed by atoms with E-state index in [1.54, 1.807) is 29.3 Å². The van der Waals surface area contributed by atoms with E-state index < -0.39 is 6.03 Å². The molecule has 3 aromatic rings. The molecule has 100 valence electrons. The smallest absolute Gasteiger partial charge is 0.316 e. The highest BCUT2D eigenvalue weighted by atomic mass is 16.2. The number of anilines is 1. The summed E-state index contributed by atoms with van der Waals surface area (Å²) in [5.41, 5.74) is 8.81. The molecule has 0 bridgehead atoms. The lowest BCUT2D eigenvalue weighted by molar-refractivity contribution is 0.259. The number of carbonyl (C=O) groups excluding carboxylic acids is 1. The molecule has 7 heteroatoms. The molecular formula is C13H12N6O. The highest BCUT2D eigenvalue weighted by Crippen LogP contribution is 2.24. The van der Waals surface area contributed by atoms with E-state index in [0.29, 0.717) is 16.7 Å². The van der Waals surface area contributed by atoms with Crippen LogP contribution in [0.4, 0.5) is 10.5 Å². The van der Waals surface area contributed by atoms with Crippen molar-refractivity contribution in [2.45, 2.75) is 0 Å². The van der Waals surface area contributed by atoms with Crippen LogP contribution in [-0.4, -0.2) is 25.8 Å². The Bertz CT molecular complexity index is 794. The molecule has 0 saturated heterocycles. The van der Waals surface area contributed by atoms with Crippen molar-refractivity contribution < 1.29 is 4.79 Å². The van der Waals surface area contributed by atoms with Gasteiger partial charge in [0.25, 0.3) is 0 Å². The van der Waals surface area contributed by atoms with Crippen LogP contribution in [-0.2, 0) is 7.05 Å². The first-order valence-electron chi connectivity index (χ1n) is 5.94. The van der Waals surface area contributed by atoms with Gasteiger partial charge in [-0.15, -0.1) is 0 Å². The second-order valence-corrected chi connectivity index (χ2v) is 4.34. The highest BCUT2D eigenvalue weighted by Gasteiger charge is 2.08. The minimum absolute atomic E-state index is 0.542. The summed E-state index contributed by atoms with van der Waals surface area (Å²) >= 11 is 0. The van der Waals surface area contributed by atoms with Gasteiger partial charge in [0.2, 0.25) is 0 Å². The van der Waals surface area contributed by atoms with Gasteiger partial charge in [-0.3, -0.25) is 14.6 Å². The van der Waals surface area contributed by atoms with Crippen LogP contribution in [0.15, 0.2) is 36.9 Å². The number of hydrogen-bond acceptors (Lipinski definition) is 4. The minimum atomic E-state index is -0.629. The summed E-state index contributed by atoms with van der Waals surface area (Å²) in [6.45, 7) is 0. The first kappa shape index (κ1) is 12.1. The Morgan fingerprint density at radius 2 is 2.15 bits per heavy atom. The van der Waals surface area contributed by atoms with Gasteiger partial charge in [-0.1, -0.05) is 0 Å². The molecule has 0 radical (unpaired) electrons. The normalized spacial score (nSPS) is 10.7. The molecule has 0 aromatic carbocycles. The molecule has 0 aliphatic rings. The van der Waals surface area contributed by atoms with E-state index >= 15 is 0 Å². The Kier molecular flexibility index (Phi) is 2.79. The Labute approximate surface area is 114 Å². The van der Waals surface area contributed by atoms with Crippen LogP contribution in [0.1, 0.15) is 0 Å². The van der Waals surface area contributed by atoms with Crippen LogP contribution in [0.3, 0.4) is 0 Å². The number of rotatable bonds is 2. The number of primary amides is 1. The van der Waals surface area contributed by atoms with E-state index in [1.807, 2.05) is 19.3 Å². The molecule has 0 spiro atoms. The molecule has 3 N–H and O–H groups in total. The monoisotopic (exact) mass is 268 g/mol. The van der Waals surface area contributed by atoms with Crippen molar-refractivity contribution in [1.29, 1.82) is 0 Å². The van der Waals surface area contributed by atoms with E-state index in [4.69, 9.17) is 5.73 Å². The van der Waals surface area contributed by atoms with Crippen molar-refractivity contribution >= 4 is 22.8 Å². The first-order valence-corrected chi connectivity index (χ1v) is 5.94. The average Bonchev–Trinajstić information content (AvgIpc) is 2.84. The average molecular weight is 268 g/mol. The molecule has 0 saturated carbocycles. The second kappa shape index (κ2) is 4.61. The zero-order valence-corrected chi connectivity index (χ0v) is 10.7. The van der Waals surface area contributed by atoms with E-state index in [0.717, 1.165) is 11.1 Å². The van der Waals surface area contributed by atoms with Gasteiger partial charge in [-0.05, 0) is 12.1 Å². The largest absolute Gasteiger partial charge is 0.351 e. The zero-order valence-electron chi connectivity index (χ0n) is 10.7. The summed E-state index contributed by atoms with van der Waals surface area (Å²) in [4.78, 5) is 19.6. The number of fused-ring (bicyclic) bond motifs is 1. The molecule has 20 heavy (non-hydrogen) atoms. The molecule has 3 rings (SSSR count). The molecule has 0 aliphatic carbocycles. The van der Waals surface area contributed by atoms with Gasteiger partial charge in [0.05, 0.1) is 17.4 Å². The second-order valence-electron chi connectivity index (χ2n) is 4.34. The third-order valence-electron chi connectivity index (χ3n) is 2.87. The minimum Gasteiger partial charge on any atom is -0.351 e. The van der Waals surface area contributed by atoms with Crippen LogP contribution < -0.4 is 11.1 Å². The van der Waals surface area contributed by atoms with Crippen molar-refractivity contribution in [3.63, 3.8) is 0 Å². The van der Waals surface area contributed by atoms with Crippen LogP contribution in [0.5, 0.6) is 0 Å². The predicted molar refractivity (Wildman–Crippen MR) is 74.9 cm³/mol. The number of amides is 2. The van der Waals surface area contributed by atoms with E-state index in [-0.39, 0.29) is 0 Å². The van der Waals surface area contributed by atoms with Gasteiger partial charge in [0, 0.05) is 36.8 Å². The standard InChI is InChI=1S/C13H12N6O/c1-19-7-9(6-17-19)8-4-11-12(16-5-8)10(2-3-15-11)18-13(14)20/h2-7H,1H3,(H3,14,15,18,20). The third kappa shape index (κ3) is 2.16. The van der Waals surface area contributed by atoms with Gasteiger partial charge in [-0.25, -0.2) is 4.79 Å². The number of nitrogens with zero attached hydrogens (tertiary/aromatic N) is 4. The van der Waals surface area contributed by atoms with Gasteiger partial charge >= 0.3 is 6.03 Å². The zero-order chi connectivity index (χ0) is 14.1. The molecular weight excluding hydrogens is 256 g/mol. The molecule has 0 aliphatic heterocycles. The summed E-state index contributed by atoms with van der Waals surface area (Å²) in [7, 11) is 1.85. The molecule has 0 fully saturated rings. The number of pyridine rings is 2. The number of hydrogen-bond donors (Lipinski definition) is 2. The summed E-state index contributed by atoms with van der Waals surface area (Å²) in [6, 6.07) is 2.92. The van der Waals surface area contributed by atoms with Gasteiger partial charge < -0.3 is 11.1 Å². The highest BCUT2D eigenvalue weighted by molar-refractivity contribution is 5.98. The molecule has 7 nitrogen and oxygen atoms in total. The maximum absolute atomic E-state index is 11.0. The number of carbonyl (C=O) groups is 1. The Morgan fingerprint density at radius 1 is 1.30 bits per heavy atom. The van der Waals surface area contributed by atoms with Gasteiger partial charge in [0.15, 0.2) is 0 Å². The number of nitrogens with two attached hydrogens (primary N) is 1. The molecule has 0 atom stereocenters. The predicted octanol–water partition coefficient (Wildman–Crippen LogP) is 1.52. The van der Waals surface area contributed by atoms with Crippen molar-refractivity contribution in [2.24, 2.45) is 12.8 Å². The third-order valence-corrected chi connectivity index (χ3v) is 2.87. The van der Waals surface area contributed by atoms with Crippen LogP contribution in [0.25, 0.3) is 22.2 Å². The van der Waals surface area contributed by atoms with E-state index in [9.17, 15) is 4.79 Å². The van der Waals surface area contributed by atoms with Crippen LogP contribution in [0, 0.1) is 0 Å². The summed E-state index contributed by atoms with van der Waals surface area (Å²) in [6.07, 6.45) is 6.97. The lowest BCUT2D eigenvalue weighted by Crippen LogP contribution is -2.19.